The van der Waals surface area contributed by atoms with Gasteiger partial charge < -0.3 is 14.0 Å². The number of nitriles is 1. The minimum atomic E-state index is -1.28. The van der Waals surface area contributed by atoms with Gasteiger partial charge in [-0.1, -0.05) is 26.7 Å². The summed E-state index contributed by atoms with van der Waals surface area (Å²) in [6.45, 7) is 7.48. The maximum atomic E-state index is 12.9. The first-order chi connectivity index (χ1) is 13.8. The molecule has 1 unspecified atom stereocenters. The zero-order valence-electron chi connectivity index (χ0n) is 17.5. The molecule has 0 spiro atoms. The summed E-state index contributed by atoms with van der Waals surface area (Å²) in [4.78, 5) is 29.2. The van der Waals surface area contributed by atoms with E-state index < -0.39 is 29.5 Å². The van der Waals surface area contributed by atoms with Gasteiger partial charge in [0.2, 0.25) is 0 Å². The highest BCUT2D eigenvalue weighted by Crippen LogP contribution is 2.46. The number of aryl methyl sites for hydroxylation is 1. The Bertz CT molecular complexity index is 802. The fraction of sp³-hybridized carbons (Fsp3) is 0.700. The van der Waals surface area contributed by atoms with E-state index in [2.05, 4.69) is 20.5 Å². The third-order valence-corrected chi connectivity index (χ3v) is 5.51. The monoisotopic (exact) mass is 423 g/mol. The molecule has 9 heteroatoms. The lowest BCUT2D eigenvalue weighted by Gasteiger charge is -2.30. The van der Waals surface area contributed by atoms with E-state index in [1.807, 2.05) is 13.8 Å². The average molecular weight is 423 g/mol. The van der Waals surface area contributed by atoms with Crippen molar-refractivity contribution < 1.29 is 18.8 Å². The van der Waals surface area contributed by atoms with Gasteiger partial charge in [-0.2, -0.15) is 10.2 Å². The van der Waals surface area contributed by atoms with E-state index in [-0.39, 0.29) is 18.5 Å². The highest BCUT2D eigenvalue weighted by atomic mass is 31.0. The van der Waals surface area contributed by atoms with Crippen LogP contribution in [-0.4, -0.2) is 34.3 Å². The number of rotatable bonds is 9. The number of esters is 1. The van der Waals surface area contributed by atoms with E-state index in [0.717, 1.165) is 25.7 Å². The van der Waals surface area contributed by atoms with Crippen LogP contribution >= 0.6 is 9.47 Å². The molecule has 1 aromatic rings. The molecular formula is C20H30N3O5P. The fourth-order valence-corrected chi connectivity index (χ4v) is 3.96. The fourth-order valence-electron chi connectivity index (χ4n) is 3.77. The smallest absolute Gasteiger partial charge is 0.349 e. The topological polar surface area (TPSA) is 103 Å². The molecule has 0 amide bonds. The van der Waals surface area contributed by atoms with E-state index in [0.29, 0.717) is 5.69 Å². The number of carbonyl (C=O) groups is 1. The summed E-state index contributed by atoms with van der Waals surface area (Å²) < 4.78 is 18.3. The van der Waals surface area contributed by atoms with Gasteiger partial charge in [0.05, 0.1) is 18.6 Å². The van der Waals surface area contributed by atoms with Crippen molar-refractivity contribution in [3.8, 4) is 6.07 Å². The predicted octanol–water partition coefficient (Wildman–Crippen LogP) is 2.91. The van der Waals surface area contributed by atoms with Gasteiger partial charge in [0.15, 0.2) is 12.3 Å². The average Bonchev–Trinajstić information content (AvgIpc) is 2.94. The van der Waals surface area contributed by atoms with Crippen LogP contribution in [0.4, 0.5) is 0 Å². The van der Waals surface area contributed by atoms with Gasteiger partial charge in [-0.05, 0) is 32.8 Å². The summed E-state index contributed by atoms with van der Waals surface area (Å²) in [5.74, 6) is -0.569. The van der Waals surface area contributed by atoms with Gasteiger partial charge in [-0.15, -0.1) is 0 Å². The number of ether oxygens (including phenoxy) is 2. The largest absolute Gasteiger partial charge is 0.457 e. The second-order valence-corrected chi connectivity index (χ2v) is 7.98. The van der Waals surface area contributed by atoms with Gasteiger partial charge in [-0.25, -0.2) is 4.79 Å². The first kappa shape index (κ1) is 23.5. The Labute approximate surface area is 173 Å². The molecule has 0 N–H and O–H groups in total. The van der Waals surface area contributed by atoms with Crippen LogP contribution in [0.5, 0.6) is 0 Å². The SMILES string of the molecule is CCCC(CCC)C(=O)O[C@@H]1[C@@H](COP)O[C@@H](n2ccc(C)nc2=O)[C@]1(C)C#N. The molecule has 0 aliphatic carbocycles. The van der Waals surface area contributed by atoms with Gasteiger partial charge in [0, 0.05) is 21.4 Å². The van der Waals surface area contributed by atoms with Crippen LogP contribution in [0.15, 0.2) is 17.1 Å². The Morgan fingerprint density at radius 2 is 2.10 bits per heavy atom. The van der Waals surface area contributed by atoms with Gasteiger partial charge in [0.25, 0.3) is 0 Å². The van der Waals surface area contributed by atoms with Crippen LogP contribution < -0.4 is 5.69 Å². The Kier molecular flexibility index (Phi) is 8.33. The Hall–Kier alpha value is -1.81. The molecule has 5 atom stereocenters. The van der Waals surface area contributed by atoms with Crippen LogP contribution in [0.2, 0.25) is 0 Å². The van der Waals surface area contributed by atoms with Crippen molar-refractivity contribution in [3.05, 3.63) is 28.4 Å². The second kappa shape index (κ2) is 10.3. The van der Waals surface area contributed by atoms with Crippen molar-refractivity contribution in [2.45, 2.75) is 71.8 Å². The summed E-state index contributed by atoms with van der Waals surface area (Å²) >= 11 is 0. The maximum absolute atomic E-state index is 12.9. The third kappa shape index (κ3) is 5.03. The Balaban J connectivity index is 2.39. The van der Waals surface area contributed by atoms with Gasteiger partial charge in [0.1, 0.15) is 11.5 Å². The molecule has 1 aliphatic rings. The third-order valence-electron chi connectivity index (χ3n) is 5.32. The van der Waals surface area contributed by atoms with Crippen LogP contribution in [0.3, 0.4) is 0 Å². The van der Waals surface area contributed by atoms with E-state index in [1.165, 1.54) is 4.57 Å². The molecule has 1 aliphatic heterocycles. The second-order valence-electron chi connectivity index (χ2n) is 7.65. The number of hydrogen-bond acceptors (Lipinski definition) is 7. The first-order valence-electron chi connectivity index (χ1n) is 9.97. The first-order valence-corrected chi connectivity index (χ1v) is 10.4. The van der Waals surface area contributed by atoms with Crippen molar-refractivity contribution in [2.24, 2.45) is 11.3 Å². The normalized spacial score (nSPS) is 26.4. The lowest BCUT2D eigenvalue weighted by Crippen LogP contribution is -2.43. The lowest BCUT2D eigenvalue weighted by atomic mass is 9.83. The van der Waals surface area contributed by atoms with Crippen molar-refractivity contribution in [2.75, 3.05) is 6.61 Å². The Morgan fingerprint density at radius 3 is 2.62 bits per heavy atom. The summed E-state index contributed by atoms with van der Waals surface area (Å²) in [6.07, 6.45) is 2.19. The maximum Gasteiger partial charge on any atom is 0.349 e. The van der Waals surface area contributed by atoms with Crippen molar-refractivity contribution in [3.63, 3.8) is 0 Å². The molecule has 2 rings (SSSR count). The Morgan fingerprint density at radius 1 is 1.45 bits per heavy atom. The van der Waals surface area contributed by atoms with Crippen LogP contribution in [0, 0.1) is 29.6 Å². The zero-order chi connectivity index (χ0) is 21.6. The zero-order valence-corrected chi connectivity index (χ0v) is 18.6. The van der Waals surface area contributed by atoms with E-state index in [4.69, 9.17) is 14.0 Å². The van der Waals surface area contributed by atoms with E-state index in [1.54, 1.807) is 26.1 Å². The van der Waals surface area contributed by atoms with Crippen LogP contribution in [0.25, 0.3) is 0 Å². The minimum absolute atomic E-state index is 0.0939. The van der Waals surface area contributed by atoms with Gasteiger partial charge >= 0.3 is 11.7 Å². The number of hydrogen-bond donors (Lipinski definition) is 0. The van der Waals surface area contributed by atoms with Crippen molar-refractivity contribution in [1.82, 2.24) is 9.55 Å². The minimum Gasteiger partial charge on any atom is -0.457 e. The lowest BCUT2D eigenvalue weighted by molar-refractivity contribution is -0.161. The molecule has 8 nitrogen and oxygen atoms in total. The predicted molar refractivity (Wildman–Crippen MR) is 110 cm³/mol. The van der Waals surface area contributed by atoms with Crippen LogP contribution in [0.1, 0.15) is 58.4 Å². The molecule has 0 radical (unpaired) electrons. The molecule has 0 aromatic carbocycles. The van der Waals surface area contributed by atoms with E-state index in [9.17, 15) is 14.9 Å². The number of carbonyl (C=O) groups excluding carboxylic acids is 1. The molecule has 1 fully saturated rings. The molecule has 1 aromatic heterocycles. The number of aromatic nitrogens is 2. The summed E-state index contributed by atoms with van der Waals surface area (Å²) in [7, 11) is 2.13. The van der Waals surface area contributed by atoms with Crippen LogP contribution in [-0.2, 0) is 18.8 Å². The summed E-state index contributed by atoms with van der Waals surface area (Å²) in [6, 6.07) is 3.89. The molecule has 0 saturated carbocycles. The number of nitrogens with zero attached hydrogens (tertiary/aromatic N) is 3. The molecule has 29 heavy (non-hydrogen) atoms. The quantitative estimate of drug-likeness (QED) is 0.444. The molecule has 160 valence electrons. The van der Waals surface area contributed by atoms with Gasteiger partial charge in [-0.3, -0.25) is 9.36 Å². The highest BCUT2D eigenvalue weighted by molar-refractivity contribution is 7.09. The van der Waals surface area contributed by atoms with Crippen molar-refractivity contribution in [1.29, 1.82) is 5.26 Å². The van der Waals surface area contributed by atoms with Crippen molar-refractivity contribution >= 4 is 15.4 Å². The molecular weight excluding hydrogens is 393 g/mol. The summed E-state index contributed by atoms with van der Waals surface area (Å²) in [5, 5.41) is 10.0. The molecule has 0 bridgehead atoms. The van der Waals surface area contributed by atoms with E-state index >= 15 is 0 Å². The summed E-state index contributed by atoms with van der Waals surface area (Å²) in [5.41, 5.74) is -1.24. The molecule has 2 heterocycles. The standard InChI is InChI=1S/C20H30N3O5P/c1-5-7-14(8-6-2)17(24)28-16-15(11-26-29)27-18(20(16,4)12-21)23-10-9-13(3)22-19(23)25/h9-10,14-16,18H,5-8,11,29H2,1-4H3/t15-,16-,18-,20-/m1/s1. The molecule has 1 saturated heterocycles. The highest BCUT2D eigenvalue weighted by Gasteiger charge is 2.58.